The van der Waals surface area contributed by atoms with Gasteiger partial charge in [0.2, 0.25) is 0 Å². The fourth-order valence-electron chi connectivity index (χ4n) is 2.13. The minimum absolute atomic E-state index is 0.113. The van der Waals surface area contributed by atoms with Crippen molar-refractivity contribution in [3.8, 4) is 0 Å². The molecule has 0 spiro atoms. The standard InChI is InChI=1S/C16H15N3O/c1-12-8-9-19-11-14(17-15(19)10-12)16(20)18(2)13-6-4-3-5-7-13/h3-11H,1-2H3. The van der Waals surface area contributed by atoms with E-state index in [0.29, 0.717) is 5.69 Å². The molecule has 0 saturated carbocycles. The lowest BCUT2D eigenvalue weighted by Gasteiger charge is -2.15. The Morgan fingerprint density at radius 1 is 1.20 bits per heavy atom. The molecule has 4 nitrogen and oxygen atoms in total. The van der Waals surface area contributed by atoms with Crippen LogP contribution in [0.4, 0.5) is 5.69 Å². The number of aromatic nitrogens is 2. The molecule has 2 aromatic heterocycles. The Bertz CT molecular complexity index is 762. The van der Waals surface area contributed by atoms with Crippen molar-refractivity contribution in [2.24, 2.45) is 0 Å². The maximum absolute atomic E-state index is 12.4. The average Bonchev–Trinajstić information content (AvgIpc) is 2.89. The average molecular weight is 265 g/mol. The lowest BCUT2D eigenvalue weighted by Crippen LogP contribution is -2.26. The first-order valence-electron chi connectivity index (χ1n) is 6.43. The molecule has 0 radical (unpaired) electrons. The number of hydrogen-bond acceptors (Lipinski definition) is 2. The maximum atomic E-state index is 12.4. The molecular weight excluding hydrogens is 250 g/mol. The van der Waals surface area contributed by atoms with Gasteiger partial charge in [0, 0.05) is 25.1 Å². The van der Waals surface area contributed by atoms with Crippen molar-refractivity contribution in [2.75, 3.05) is 11.9 Å². The zero-order valence-corrected chi connectivity index (χ0v) is 11.4. The summed E-state index contributed by atoms with van der Waals surface area (Å²) in [6.45, 7) is 2.01. The van der Waals surface area contributed by atoms with E-state index in [9.17, 15) is 4.79 Å². The van der Waals surface area contributed by atoms with Crippen LogP contribution < -0.4 is 4.90 Å². The number of rotatable bonds is 2. The summed E-state index contributed by atoms with van der Waals surface area (Å²) in [6.07, 6.45) is 3.67. The highest BCUT2D eigenvalue weighted by atomic mass is 16.2. The lowest BCUT2D eigenvalue weighted by molar-refractivity contribution is 0.0989. The highest BCUT2D eigenvalue weighted by Gasteiger charge is 2.16. The minimum atomic E-state index is -0.113. The van der Waals surface area contributed by atoms with E-state index in [1.165, 1.54) is 0 Å². The quantitative estimate of drug-likeness (QED) is 0.714. The molecule has 0 fully saturated rings. The number of imidazole rings is 1. The van der Waals surface area contributed by atoms with Crippen LogP contribution in [0.5, 0.6) is 0 Å². The summed E-state index contributed by atoms with van der Waals surface area (Å²) in [5, 5.41) is 0. The SMILES string of the molecule is Cc1ccn2cc(C(=O)N(C)c3ccccc3)nc2c1. The van der Waals surface area contributed by atoms with Gasteiger partial charge in [0.25, 0.3) is 5.91 Å². The molecule has 2 heterocycles. The third-order valence-corrected chi connectivity index (χ3v) is 3.28. The highest BCUT2D eigenvalue weighted by molar-refractivity contribution is 6.04. The van der Waals surface area contributed by atoms with E-state index in [4.69, 9.17) is 0 Å². The van der Waals surface area contributed by atoms with E-state index in [-0.39, 0.29) is 5.91 Å². The summed E-state index contributed by atoms with van der Waals surface area (Å²) < 4.78 is 1.86. The van der Waals surface area contributed by atoms with Gasteiger partial charge in [-0.2, -0.15) is 0 Å². The first-order chi connectivity index (χ1) is 9.65. The van der Waals surface area contributed by atoms with Gasteiger partial charge in [-0.1, -0.05) is 18.2 Å². The topological polar surface area (TPSA) is 37.6 Å². The number of nitrogens with zero attached hydrogens (tertiary/aromatic N) is 3. The summed E-state index contributed by atoms with van der Waals surface area (Å²) in [6, 6.07) is 13.5. The fraction of sp³-hybridized carbons (Fsp3) is 0.125. The van der Waals surface area contributed by atoms with Crippen LogP contribution in [0.25, 0.3) is 5.65 Å². The molecule has 0 aliphatic heterocycles. The van der Waals surface area contributed by atoms with Crippen LogP contribution in [0.3, 0.4) is 0 Å². The second-order valence-electron chi connectivity index (χ2n) is 4.80. The Morgan fingerprint density at radius 3 is 2.70 bits per heavy atom. The van der Waals surface area contributed by atoms with E-state index in [0.717, 1.165) is 16.9 Å². The first-order valence-corrected chi connectivity index (χ1v) is 6.43. The van der Waals surface area contributed by atoms with Gasteiger partial charge in [-0.05, 0) is 36.8 Å². The van der Waals surface area contributed by atoms with Crippen LogP contribution in [0, 0.1) is 6.92 Å². The molecule has 20 heavy (non-hydrogen) atoms. The number of anilines is 1. The van der Waals surface area contributed by atoms with Crippen molar-refractivity contribution in [3.63, 3.8) is 0 Å². The Balaban J connectivity index is 1.96. The van der Waals surface area contributed by atoms with Crippen LogP contribution in [-0.2, 0) is 0 Å². The Kier molecular flexibility index (Phi) is 2.99. The lowest BCUT2D eigenvalue weighted by atomic mass is 10.3. The molecule has 0 aliphatic carbocycles. The summed E-state index contributed by atoms with van der Waals surface area (Å²) in [5.74, 6) is -0.113. The molecule has 3 rings (SSSR count). The molecule has 0 atom stereocenters. The molecular formula is C16H15N3O. The summed E-state index contributed by atoms with van der Waals surface area (Å²) in [4.78, 5) is 18.4. The molecule has 1 aromatic carbocycles. The third kappa shape index (κ3) is 2.16. The number of para-hydroxylation sites is 1. The van der Waals surface area contributed by atoms with Gasteiger partial charge in [-0.15, -0.1) is 0 Å². The van der Waals surface area contributed by atoms with Gasteiger partial charge in [-0.3, -0.25) is 4.79 Å². The number of benzene rings is 1. The molecule has 100 valence electrons. The Morgan fingerprint density at radius 2 is 1.95 bits per heavy atom. The predicted molar refractivity (Wildman–Crippen MR) is 79.1 cm³/mol. The zero-order chi connectivity index (χ0) is 14.1. The number of hydrogen-bond donors (Lipinski definition) is 0. The molecule has 0 saturated heterocycles. The van der Waals surface area contributed by atoms with E-state index in [1.807, 2.05) is 60.0 Å². The van der Waals surface area contributed by atoms with Crippen molar-refractivity contribution in [3.05, 3.63) is 66.1 Å². The van der Waals surface area contributed by atoms with Crippen molar-refractivity contribution in [1.29, 1.82) is 0 Å². The zero-order valence-electron chi connectivity index (χ0n) is 11.4. The van der Waals surface area contributed by atoms with E-state index < -0.39 is 0 Å². The van der Waals surface area contributed by atoms with Gasteiger partial charge < -0.3 is 9.30 Å². The van der Waals surface area contributed by atoms with Crippen molar-refractivity contribution in [1.82, 2.24) is 9.38 Å². The molecule has 1 amide bonds. The molecule has 3 aromatic rings. The van der Waals surface area contributed by atoms with Gasteiger partial charge in [0.1, 0.15) is 11.3 Å². The van der Waals surface area contributed by atoms with Crippen LogP contribution in [0.1, 0.15) is 16.1 Å². The molecule has 0 aliphatic rings. The second kappa shape index (κ2) is 4.81. The number of carbonyl (C=O) groups is 1. The third-order valence-electron chi connectivity index (χ3n) is 3.28. The maximum Gasteiger partial charge on any atom is 0.278 e. The minimum Gasteiger partial charge on any atom is -0.310 e. The number of amides is 1. The predicted octanol–water partition coefficient (Wildman–Crippen LogP) is 2.92. The van der Waals surface area contributed by atoms with Gasteiger partial charge in [0.15, 0.2) is 0 Å². The van der Waals surface area contributed by atoms with Crippen molar-refractivity contribution >= 4 is 17.2 Å². The van der Waals surface area contributed by atoms with Crippen LogP contribution in [-0.4, -0.2) is 22.3 Å². The highest BCUT2D eigenvalue weighted by Crippen LogP contribution is 2.15. The number of fused-ring (bicyclic) bond motifs is 1. The first kappa shape index (κ1) is 12.4. The number of carbonyl (C=O) groups excluding carboxylic acids is 1. The molecule has 0 unspecified atom stereocenters. The van der Waals surface area contributed by atoms with Crippen molar-refractivity contribution in [2.45, 2.75) is 6.92 Å². The largest absolute Gasteiger partial charge is 0.310 e. The van der Waals surface area contributed by atoms with Gasteiger partial charge >= 0.3 is 0 Å². The van der Waals surface area contributed by atoms with Crippen LogP contribution >= 0.6 is 0 Å². The van der Waals surface area contributed by atoms with E-state index in [1.54, 1.807) is 18.1 Å². The normalized spacial score (nSPS) is 10.7. The monoisotopic (exact) mass is 265 g/mol. The Labute approximate surface area is 117 Å². The van der Waals surface area contributed by atoms with Gasteiger partial charge in [0.05, 0.1) is 0 Å². The number of aryl methyl sites for hydroxylation is 1. The Hall–Kier alpha value is -2.62. The fourth-order valence-corrected chi connectivity index (χ4v) is 2.13. The number of pyridine rings is 1. The summed E-state index contributed by atoms with van der Waals surface area (Å²) >= 11 is 0. The van der Waals surface area contributed by atoms with Crippen LogP contribution in [0.2, 0.25) is 0 Å². The summed E-state index contributed by atoms with van der Waals surface area (Å²) in [5.41, 5.74) is 3.21. The second-order valence-corrected chi connectivity index (χ2v) is 4.80. The van der Waals surface area contributed by atoms with E-state index >= 15 is 0 Å². The summed E-state index contributed by atoms with van der Waals surface area (Å²) in [7, 11) is 1.76. The molecule has 0 bridgehead atoms. The van der Waals surface area contributed by atoms with Crippen molar-refractivity contribution < 1.29 is 4.79 Å². The smallest absolute Gasteiger partial charge is 0.278 e. The molecule has 4 heteroatoms. The van der Waals surface area contributed by atoms with Crippen LogP contribution in [0.15, 0.2) is 54.9 Å². The van der Waals surface area contributed by atoms with Gasteiger partial charge in [-0.25, -0.2) is 4.98 Å². The molecule has 0 N–H and O–H groups in total. The van der Waals surface area contributed by atoms with E-state index in [2.05, 4.69) is 4.98 Å².